The SMILES string of the molecule is O=C(Nc1ccccc1)c1ccc(N2CCCC2)o1. The highest BCUT2D eigenvalue weighted by atomic mass is 16.4. The van der Waals surface area contributed by atoms with Crippen molar-refractivity contribution in [1.82, 2.24) is 0 Å². The van der Waals surface area contributed by atoms with Crippen LogP contribution in [0.5, 0.6) is 0 Å². The standard InChI is InChI=1S/C15H16N2O2/c18-15(16-12-6-2-1-3-7-12)13-8-9-14(19-13)17-10-4-5-11-17/h1-3,6-9H,4-5,10-11H2,(H,16,18). The molecule has 0 aliphatic carbocycles. The Kier molecular flexibility index (Phi) is 3.23. The molecular formula is C15H16N2O2. The number of benzene rings is 1. The molecule has 1 fully saturated rings. The molecule has 98 valence electrons. The Morgan fingerprint density at radius 1 is 1.05 bits per heavy atom. The van der Waals surface area contributed by atoms with Gasteiger partial charge < -0.3 is 14.6 Å². The summed E-state index contributed by atoms with van der Waals surface area (Å²) in [5, 5.41) is 2.81. The minimum atomic E-state index is -0.211. The van der Waals surface area contributed by atoms with Gasteiger partial charge in [0, 0.05) is 24.8 Å². The summed E-state index contributed by atoms with van der Waals surface area (Å²) in [5.74, 6) is 0.929. The van der Waals surface area contributed by atoms with Crippen molar-refractivity contribution >= 4 is 17.5 Å². The van der Waals surface area contributed by atoms with Gasteiger partial charge in [0.1, 0.15) is 0 Å². The molecule has 2 aromatic rings. The van der Waals surface area contributed by atoms with Crippen LogP contribution in [-0.4, -0.2) is 19.0 Å². The van der Waals surface area contributed by atoms with Crippen molar-refractivity contribution in [2.24, 2.45) is 0 Å². The Morgan fingerprint density at radius 2 is 1.79 bits per heavy atom. The number of anilines is 2. The number of nitrogens with one attached hydrogen (secondary N) is 1. The van der Waals surface area contributed by atoms with Crippen molar-refractivity contribution < 1.29 is 9.21 Å². The van der Waals surface area contributed by atoms with Crippen molar-refractivity contribution in [2.45, 2.75) is 12.8 Å². The second-order valence-electron chi connectivity index (χ2n) is 4.65. The van der Waals surface area contributed by atoms with E-state index in [-0.39, 0.29) is 5.91 Å². The van der Waals surface area contributed by atoms with Crippen LogP contribution in [0.4, 0.5) is 11.6 Å². The third-order valence-electron chi connectivity index (χ3n) is 3.26. The maximum absolute atomic E-state index is 12.0. The largest absolute Gasteiger partial charge is 0.435 e. The Hall–Kier alpha value is -2.23. The molecular weight excluding hydrogens is 240 g/mol. The molecule has 1 aromatic carbocycles. The maximum atomic E-state index is 12.0. The van der Waals surface area contributed by atoms with Gasteiger partial charge >= 0.3 is 0 Å². The maximum Gasteiger partial charge on any atom is 0.291 e. The van der Waals surface area contributed by atoms with Crippen LogP contribution >= 0.6 is 0 Å². The lowest BCUT2D eigenvalue weighted by molar-refractivity contribution is 0.0997. The van der Waals surface area contributed by atoms with Crippen LogP contribution < -0.4 is 10.2 Å². The predicted molar refractivity (Wildman–Crippen MR) is 74.6 cm³/mol. The van der Waals surface area contributed by atoms with Crippen LogP contribution in [0.3, 0.4) is 0 Å². The monoisotopic (exact) mass is 256 g/mol. The third kappa shape index (κ3) is 2.62. The molecule has 4 heteroatoms. The molecule has 1 N–H and O–H groups in total. The topological polar surface area (TPSA) is 45.5 Å². The predicted octanol–water partition coefficient (Wildman–Crippen LogP) is 3.13. The van der Waals surface area contributed by atoms with E-state index in [1.165, 1.54) is 12.8 Å². The first-order valence-corrected chi connectivity index (χ1v) is 6.54. The minimum Gasteiger partial charge on any atom is -0.435 e. The lowest BCUT2D eigenvalue weighted by Crippen LogP contribution is -2.16. The Labute approximate surface area is 112 Å². The van der Waals surface area contributed by atoms with Crippen molar-refractivity contribution in [3.63, 3.8) is 0 Å². The molecule has 3 rings (SSSR count). The minimum absolute atomic E-state index is 0.211. The van der Waals surface area contributed by atoms with Gasteiger partial charge in [-0.3, -0.25) is 4.79 Å². The molecule has 0 spiro atoms. The van der Waals surface area contributed by atoms with Gasteiger partial charge in [0.15, 0.2) is 11.6 Å². The summed E-state index contributed by atoms with van der Waals surface area (Å²) in [6, 6.07) is 13.0. The van der Waals surface area contributed by atoms with Crippen molar-refractivity contribution in [3.8, 4) is 0 Å². The van der Waals surface area contributed by atoms with E-state index >= 15 is 0 Å². The van der Waals surface area contributed by atoms with Gasteiger partial charge in [-0.1, -0.05) is 18.2 Å². The first-order chi connectivity index (χ1) is 9.33. The van der Waals surface area contributed by atoms with Gasteiger partial charge in [0.05, 0.1) is 0 Å². The molecule has 0 bridgehead atoms. The number of hydrogen-bond donors (Lipinski definition) is 1. The Morgan fingerprint density at radius 3 is 2.53 bits per heavy atom. The second kappa shape index (κ2) is 5.18. The molecule has 1 aromatic heterocycles. The second-order valence-corrected chi connectivity index (χ2v) is 4.65. The zero-order valence-electron chi connectivity index (χ0n) is 10.6. The Bertz CT molecular complexity index is 557. The van der Waals surface area contributed by atoms with Crippen molar-refractivity contribution in [2.75, 3.05) is 23.3 Å². The molecule has 0 unspecified atom stereocenters. The molecule has 0 saturated carbocycles. The number of hydrogen-bond acceptors (Lipinski definition) is 3. The van der Waals surface area contributed by atoms with Crippen LogP contribution in [-0.2, 0) is 0 Å². The van der Waals surface area contributed by atoms with E-state index in [1.807, 2.05) is 36.4 Å². The summed E-state index contributed by atoms with van der Waals surface area (Å²) < 4.78 is 5.62. The fourth-order valence-corrected chi connectivity index (χ4v) is 2.27. The summed E-state index contributed by atoms with van der Waals surface area (Å²) in [4.78, 5) is 14.2. The molecule has 0 radical (unpaired) electrons. The van der Waals surface area contributed by atoms with E-state index in [2.05, 4.69) is 10.2 Å². The highest BCUT2D eigenvalue weighted by molar-refractivity contribution is 6.02. The highest BCUT2D eigenvalue weighted by Gasteiger charge is 2.18. The lowest BCUT2D eigenvalue weighted by atomic mass is 10.3. The van der Waals surface area contributed by atoms with Gasteiger partial charge in [0.2, 0.25) is 0 Å². The fraction of sp³-hybridized carbons (Fsp3) is 0.267. The number of para-hydroxylation sites is 1. The van der Waals surface area contributed by atoms with Crippen LogP contribution in [0.2, 0.25) is 0 Å². The van der Waals surface area contributed by atoms with Gasteiger partial charge in [-0.15, -0.1) is 0 Å². The summed E-state index contributed by atoms with van der Waals surface area (Å²) >= 11 is 0. The lowest BCUT2D eigenvalue weighted by Gasteiger charge is -2.12. The van der Waals surface area contributed by atoms with Gasteiger partial charge in [-0.05, 0) is 31.0 Å². The molecule has 4 nitrogen and oxygen atoms in total. The van der Waals surface area contributed by atoms with E-state index in [0.717, 1.165) is 24.7 Å². The summed E-state index contributed by atoms with van der Waals surface area (Å²) in [6.07, 6.45) is 2.37. The number of furan rings is 1. The van der Waals surface area contributed by atoms with Crippen LogP contribution in [0.1, 0.15) is 23.4 Å². The molecule has 1 saturated heterocycles. The smallest absolute Gasteiger partial charge is 0.291 e. The van der Waals surface area contributed by atoms with E-state index in [4.69, 9.17) is 4.42 Å². The first kappa shape index (κ1) is 11.8. The number of nitrogens with zero attached hydrogens (tertiary/aromatic N) is 1. The average molecular weight is 256 g/mol. The number of amides is 1. The van der Waals surface area contributed by atoms with Crippen molar-refractivity contribution in [1.29, 1.82) is 0 Å². The molecule has 1 amide bonds. The quantitative estimate of drug-likeness (QED) is 0.917. The third-order valence-corrected chi connectivity index (χ3v) is 3.26. The average Bonchev–Trinajstić information content (AvgIpc) is 3.11. The van der Waals surface area contributed by atoms with Crippen LogP contribution in [0, 0.1) is 0 Å². The summed E-state index contributed by atoms with van der Waals surface area (Å²) in [6.45, 7) is 2.01. The van der Waals surface area contributed by atoms with E-state index < -0.39 is 0 Å². The Balaban J connectivity index is 1.70. The molecule has 1 aliphatic heterocycles. The van der Waals surface area contributed by atoms with Crippen molar-refractivity contribution in [3.05, 3.63) is 48.2 Å². The number of rotatable bonds is 3. The van der Waals surface area contributed by atoms with Gasteiger partial charge in [-0.25, -0.2) is 0 Å². The molecule has 2 heterocycles. The normalized spacial score (nSPS) is 14.6. The van der Waals surface area contributed by atoms with Gasteiger partial charge in [-0.2, -0.15) is 0 Å². The fourth-order valence-electron chi connectivity index (χ4n) is 2.27. The summed E-state index contributed by atoms with van der Waals surface area (Å²) in [5.41, 5.74) is 0.770. The first-order valence-electron chi connectivity index (χ1n) is 6.54. The number of carbonyl (C=O) groups excluding carboxylic acids is 1. The van der Waals surface area contributed by atoms with E-state index in [0.29, 0.717) is 5.76 Å². The zero-order valence-corrected chi connectivity index (χ0v) is 10.6. The van der Waals surface area contributed by atoms with Gasteiger partial charge in [0.25, 0.3) is 5.91 Å². The van der Waals surface area contributed by atoms with E-state index in [1.54, 1.807) is 6.07 Å². The summed E-state index contributed by atoms with van der Waals surface area (Å²) in [7, 11) is 0. The number of carbonyl (C=O) groups is 1. The molecule has 0 atom stereocenters. The van der Waals surface area contributed by atoms with Crippen LogP contribution in [0.25, 0.3) is 0 Å². The van der Waals surface area contributed by atoms with E-state index in [9.17, 15) is 4.79 Å². The van der Waals surface area contributed by atoms with Crippen LogP contribution in [0.15, 0.2) is 46.9 Å². The zero-order chi connectivity index (χ0) is 13.1. The molecule has 19 heavy (non-hydrogen) atoms. The highest BCUT2D eigenvalue weighted by Crippen LogP contribution is 2.23. The molecule has 1 aliphatic rings.